The highest BCUT2D eigenvalue weighted by molar-refractivity contribution is 5.85. The smallest absolute Gasteiger partial charge is 0.149 e. The van der Waals surface area contributed by atoms with Gasteiger partial charge < -0.3 is 10.1 Å². The Morgan fingerprint density at radius 1 is 1.20 bits per heavy atom. The summed E-state index contributed by atoms with van der Waals surface area (Å²) < 4.78 is 19.8. The van der Waals surface area contributed by atoms with Gasteiger partial charge in [-0.25, -0.2) is 4.39 Å². The van der Waals surface area contributed by atoms with Crippen LogP contribution in [0.3, 0.4) is 0 Å². The third kappa shape index (κ3) is 2.61. The van der Waals surface area contributed by atoms with E-state index in [-0.39, 0.29) is 11.9 Å². The minimum absolute atomic E-state index is 0.216. The highest BCUT2D eigenvalue weighted by Crippen LogP contribution is 2.29. The molecule has 106 valence electrons. The number of ether oxygens (including phenoxy) is 1. The first-order chi connectivity index (χ1) is 9.78. The topological polar surface area (TPSA) is 34.1 Å². The Labute approximate surface area is 118 Å². The van der Waals surface area contributed by atoms with Crippen molar-refractivity contribution >= 4 is 10.9 Å². The SMILES string of the molecule is CNC1CCC(Oc2ccnc3c(F)cccc23)CC1. The molecule has 0 amide bonds. The van der Waals surface area contributed by atoms with Gasteiger partial charge in [-0.15, -0.1) is 0 Å². The minimum Gasteiger partial charge on any atom is -0.490 e. The second kappa shape index (κ2) is 5.75. The second-order valence-corrected chi connectivity index (χ2v) is 5.33. The molecule has 1 aromatic carbocycles. The van der Waals surface area contributed by atoms with Crippen LogP contribution in [0.25, 0.3) is 10.9 Å². The van der Waals surface area contributed by atoms with Crippen molar-refractivity contribution in [2.24, 2.45) is 0 Å². The molecule has 3 nitrogen and oxygen atoms in total. The number of rotatable bonds is 3. The van der Waals surface area contributed by atoms with Gasteiger partial charge in [-0.3, -0.25) is 4.98 Å². The molecule has 1 fully saturated rings. The van der Waals surface area contributed by atoms with E-state index in [2.05, 4.69) is 10.3 Å². The molecule has 1 saturated carbocycles. The monoisotopic (exact) mass is 274 g/mol. The average molecular weight is 274 g/mol. The van der Waals surface area contributed by atoms with Gasteiger partial charge >= 0.3 is 0 Å². The molecular formula is C16H19FN2O. The van der Waals surface area contributed by atoms with E-state index in [1.54, 1.807) is 12.3 Å². The Kier molecular flexibility index (Phi) is 3.83. The Balaban J connectivity index is 1.80. The molecule has 0 spiro atoms. The Morgan fingerprint density at radius 3 is 2.75 bits per heavy atom. The third-order valence-corrected chi connectivity index (χ3v) is 4.06. The predicted molar refractivity (Wildman–Crippen MR) is 77.4 cm³/mol. The maximum atomic E-state index is 13.7. The number of nitrogens with zero attached hydrogens (tertiary/aromatic N) is 1. The molecule has 0 bridgehead atoms. The van der Waals surface area contributed by atoms with E-state index in [1.165, 1.54) is 6.07 Å². The first-order valence-corrected chi connectivity index (χ1v) is 7.15. The number of aromatic nitrogens is 1. The summed E-state index contributed by atoms with van der Waals surface area (Å²) in [5.74, 6) is 0.439. The molecule has 4 heteroatoms. The lowest BCUT2D eigenvalue weighted by atomic mass is 9.93. The third-order valence-electron chi connectivity index (χ3n) is 4.06. The van der Waals surface area contributed by atoms with E-state index >= 15 is 0 Å². The van der Waals surface area contributed by atoms with Crippen molar-refractivity contribution in [2.75, 3.05) is 7.05 Å². The van der Waals surface area contributed by atoms with Crippen molar-refractivity contribution in [2.45, 2.75) is 37.8 Å². The van der Waals surface area contributed by atoms with Crippen molar-refractivity contribution in [1.82, 2.24) is 10.3 Å². The first-order valence-electron chi connectivity index (χ1n) is 7.15. The van der Waals surface area contributed by atoms with Crippen LogP contribution in [0.2, 0.25) is 0 Å². The fourth-order valence-electron chi connectivity index (χ4n) is 2.87. The van der Waals surface area contributed by atoms with Gasteiger partial charge in [-0.2, -0.15) is 0 Å². The van der Waals surface area contributed by atoms with Gasteiger partial charge in [0.05, 0.1) is 6.10 Å². The van der Waals surface area contributed by atoms with Gasteiger partial charge in [0.1, 0.15) is 17.1 Å². The van der Waals surface area contributed by atoms with Crippen molar-refractivity contribution in [3.63, 3.8) is 0 Å². The molecule has 1 aliphatic rings. The summed E-state index contributed by atoms with van der Waals surface area (Å²) in [6.07, 6.45) is 6.14. The van der Waals surface area contributed by atoms with Crippen LogP contribution in [-0.4, -0.2) is 24.2 Å². The van der Waals surface area contributed by atoms with Gasteiger partial charge in [0, 0.05) is 17.6 Å². The Morgan fingerprint density at radius 2 is 2.00 bits per heavy atom. The van der Waals surface area contributed by atoms with Crippen LogP contribution in [-0.2, 0) is 0 Å². The summed E-state index contributed by atoms with van der Waals surface area (Å²) in [4.78, 5) is 4.09. The largest absolute Gasteiger partial charge is 0.490 e. The average Bonchev–Trinajstić information content (AvgIpc) is 2.49. The van der Waals surface area contributed by atoms with E-state index in [9.17, 15) is 4.39 Å². The molecule has 0 unspecified atom stereocenters. The first kappa shape index (κ1) is 13.3. The summed E-state index contributed by atoms with van der Waals surface area (Å²) >= 11 is 0. The summed E-state index contributed by atoms with van der Waals surface area (Å²) in [7, 11) is 2.00. The quantitative estimate of drug-likeness (QED) is 0.932. The lowest BCUT2D eigenvalue weighted by Gasteiger charge is -2.29. The fourth-order valence-corrected chi connectivity index (χ4v) is 2.87. The maximum absolute atomic E-state index is 13.7. The number of para-hydroxylation sites is 1. The van der Waals surface area contributed by atoms with Crippen molar-refractivity contribution < 1.29 is 9.13 Å². The zero-order valence-electron chi connectivity index (χ0n) is 11.6. The van der Waals surface area contributed by atoms with E-state index in [0.29, 0.717) is 11.6 Å². The molecule has 0 atom stereocenters. The summed E-state index contributed by atoms with van der Waals surface area (Å²) in [6.45, 7) is 0. The highest BCUT2D eigenvalue weighted by Gasteiger charge is 2.22. The molecule has 1 aliphatic carbocycles. The van der Waals surface area contributed by atoms with Crippen LogP contribution < -0.4 is 10.1 Å². The number of benzene rings is 1. The molecule has 1 heterocycles. The number of hydrogen-bond donors (Lipinski definition) is 1. The van der Waals surface area contributed by atoms with Crippen LogP contribution in [0.1, 0.15) is 25.7 Å². The van der Waals surface area contributed by atoms with Gasteiger partial charge in [-0.1, -0.05) is 6.07 Å². The molecule has 2 aromatic rings. The number of nitrogens with one attached hydrogen (secondary N) is 1. The van der Waals surface area contributed by atoms with E-state index in [1.807, 2.05) is 19.2 Å². The van der Waals surface area contributed by atoms with Gasteiger partial charge in [0.2, 0.25) is 0 Å². The number of hydrogen-bond acceptors (Lipinski definition) is 3. The molecule has 1 aromatic heterocycles. The van der Waals surface area contributed by atoms with Gasteiger partial charge in [0.15, 0.2) is 0 Å². The predicted octanol–water partition coefficient (Wildman–Crippen LogP) is 3.28. The van der Waals surface area contributed by atoms with E-state index in [4.69, 9.17) is 4.74 Å². The van der Waals surface area contributed by atoms with Crippen molar-refractivity contribution in [3.05, 3.63) is 36.3 Å². The zero-order chi connectivity index (χ0) is 13.9. The Hall–Kier alpha value is -1.68. The van der Waals surface area contributed by atoms with Crippen molar-refractivity contribution in [1.29, 1.82) is 0 Å². The van der Waals surface area contributed by atoms with Crippen molar-refractivity contribution in [3.8, 4) is 5.75 Å². The lowest BCUT2D eigenvalue weighted by molar-refractivity contribution is 0.143. The Bertz CT molecular complexity index is 594. The van der Waals surface area contributed by atoms with E-state index in [0.717, 1.165) is 36.8 Å². The standard InChI is InChI=1S/C16H19FN2O/c1-18-11-5-7-12(8-6-11)20-15-9-10-19-16-13(15)3-2-4-14(16)17/h2-4,9-12,18H,5-8H2,1H3. The van der Waals surface area contributed by atoms with Crippen LogP contribution in [0.4, 0.5) is 4.39 Å². The number of pyridine rings is 1. The zero-order valence-corrected chi connectivity index (χ0v) is 11.6. The van der Waals surface area contributed by atoms with Crippen LogP contribution >= 0.6 is 0 Å². The molecule has 1 N–H and O–H groups in total. The summed E-state index contributed by atoms with van der Waals surface area (Å²) in [6, 6.07) is 7.41. The summed E-state index contributed by atoms with van der Waals surface area (Å²) in [5.41, 5.74) is 0.383. The van der Waals surface area contributed by atoms with Crippen LogP contribution in [0.15, 0.2) is 30.5 Å². The van der Waals surface area contributed by atoms with Gasteiger partial charge in [-0.05, 0) is 50.9 Å². The van der Waals surface area contributed by atoms with Gasteiger partial charge in [0.25, 0.3) is 0 Å². The normalized spacial score (nSPS) is 22.9. The minimum atomic E-state index is -0.299. The van der Waals surface area contributed by atoms with Crippen LogP contribution in [0.5, 0.6) is 5.75 Å². The van der Waals surface area contributed by atoms with E-state index < -0.39 is 0 Å². The maximum Gasteiger partial charge on any atom is 0.149 e. The summed E-state index contributed by atoms with van der Waals surface area (Å²) in [5, 5.41) is 4.06. The molecular weight excluding hydrogens is 255 g/mol. The molecule has 3 rings (SSSR count). The van der Waals surface area contributed by atoms with Crippen LogP contribution in [0, 0.1) is 5.82 Å². The lowest BCUT2D eigenvalue weighted by Crippen LogP contribution is -2.34. The number of fused-ring (bicyclic) bond motifs is 1. The fraction of sp³-hybridized carbons (Fsp3) is 0.438. The second-order valence-electron chi connectivity index (χ2n) is 5.33. The number of halogens is 1. The molecule has 0 radical (unpaired) electrons. The highest BCUT2D eigenvalue weighted by atomic mass is 19.1. The molecule has 20 heavy (non-hydrogen) atoms. The molecule has 0 saturated heterocycles. The molecule has 0 aliphatic heterocycles.